The van der Waals surface area contributed by atoms with Crippen LogP contribution in [0.2, 0.25) is 5.02 Å². The molecule has 0 bridgehead atoms. The fourth-order valence-corrected chi connectivity index (χ4v) is 10.7. The second-order valence-electron chi connectivity index (χ2n) is 17.7. The number of rotatable bonds is 5. The second-order valence-corrected chi connectivity index (χ2v) is 19.1. The summed E-state index contributed by atoms with van der Waals surface area (Å²) in [6.07, 6.45) is 0.568. The molecule has 0 N–H and O–H groups in total. The zero-order valence-corrected chi connectivity index (χ0v) is 35.2. The number of hydrogen-bond donors (Lipinski definition) is 0. The van der Waals surface area contributed by atoms with Crippen LogP contribution in [-0.2, 0) is 25.0 Å². The number of fused-ring (bicyclic) bond motifs is 10. The monoisotopic (exact) mass is 801 g/mol. The van der Waals surface area contributed by atoms with Gasteiger partial charge in [-0.2, -0.15) is 0 Å². The molecule has 1 atom stereocenters. The van der Waals surface area contributed by atoms with Crippen molar-refractivity contribution in [1.82, 2.24) is 4.57 Å². The first kappa shape index (κ1) is 36.5. The minimum Gasteiger partial charge on any atom is -0.456 e. The lowest BCUT2D eigenvalue weighted by Gasteiger charge is -2.36. The number of aromatic nitrogens is 1. The largest absolute Gasteiger partial charge is 0.489 e. The van der Waals surface area contributed by atoms with Gasteiger partial charge in [0, 0.05) is 49.1 Å². The van der Waals surface area contributed by atoms with Gasteiger partial charge < -0.3 is 27.6 Å². The van der Waals surface area contributed by atoms with Crippen molar-refractivity contribution in [2.24, 2.45) is 0 Å². The van der Waals surface area contributed by atoms with E-state index in [4.69, 9.17) is 34.6 Å². The van der Waals surface area contributed by atoms with Crippen molar-refractivity contribution in [2.75, 3.05) is 0 Å². The van der Waals surface area contributed by atoms with Crippen LogP contribution in [0.25, 0.3) is 80.7 Å². The SMILES string of the molecule is CC1(C)OB(B2OC(C)(C)C(C)(Cc3cc4oc5ccccc5c4c4c3sc3c(Cl)cc(-c5ccc6c(c5)c5ccccc5n6-c5ccccc5)cc34)O2)OC1(C)C. The molecular formula is C48H42B2ClNO5S. The molecule has 2 fully saturated rings. The third-order valence-electron chi connectivity index (χ3n) is 13.3. The lowest BCUT2D eigenvalue weighted by molar-refractivity contribution is -0.00850. The van der Waals surface area contributed by atoms with Gasteiger partial charge in [0.1, 0.15) is 11.2 Å². The van der Waals surface area contributed by atoms with Gasteiger partial charge in [-0.25, -0.2) is 0 Å². The highest BCUT2D eigenvalue weighted by Gasteiger charge is 2.65. The van der Waals surface area contributed by atoms with E-state index in [1.165, 1.54) is 16.3 Å². The number of furan rings is 1. The molecule has 0 spiro atoms. The molecule has 0 saturated carbocycles. The maximum atomic E-state index is 7.37. The van der Waals surface area contributed by atoms with E-state index < -0.39 is 36.4 Å². The summed E-state index contributed by atoms with van der Waals surface area (Å²) in [6, 6.07) is 40.9. The van der Waals surface area contributed by atoms with E-state index in [2.05, 4.69) is 128 Å². The summed E-state index contributed by atoms with van der Waals surface area (Å²) < 4.78 is 37.6. The number of nitrogens with zero attached hydrogens (tertiary/aromatic N) is 1. The lowest BCUT2D eigenvalue weighted by atomic mass is 9.49. The van der Waals surface area contributed by atoms with E-state index in [1.54, 1.807) is 11.3 Å². The Morgan fingerprint density at radius 3 is 1.97 bits per heavy atom. The molecule has 5 heterocycles. The van der Waals surface area contributed by atoms with Crippen LogP contribution in [0.1, 0.15) is 54.0 Å². The molecule has 2 saturated heterocycles. The molecule has 0 radical (unpaired) electrons. The van der Waals surface area contributed by atoms with Gasteiger partial charge in [0.25, 0.3) is 0 Å². The van der Waals surface area contributed by atoms with Gasteiger partial charge in [0.15, 0.2) is 0 Å². The van der Waals surface area contributed by atoms with Gasteiger partial charge >= 0.3 is 14.0 Å². The van der Waals surface area contributed by atoms with E-state index in [1.807, 2.05) is 39.8 Å². The standard InChI is InChI=1S/C48H42B2ClNO5S/c1-45(2)46(3,4)55-49(54-45)50-56-47(5,6)48(7,57-50)27-30-26-40-41(33-18-12-14-20-39(33)53-40)42-35-24-29(25-36(51)44(35)58-43(30)42)28-21-22-38-34(23-28)32-17-11-13-19-37(32)52(38)31-15-9-8-10-16-31/h8-26H,27H2,1-7H3. The highest BCUT2D eigenvalue weighted by atomic mass is 35.5. The van der Waals surface area contributed by atoms with Crippen LogP contribution < -0.4 is 0 Å². The van der Waals surface area contributed by atoms with Crippen LogP contribution in [-0.4, -0.2) is 41.0 Å². The number of thiophene rings is 1. The number of para-hydroxylation sites is 3. The van der Waals surface area contributed by atoms with Gasteiger partial charge in [-0.3, -0.25) is 0 Å². The van der Waals surface area contributed by atoms with Crippen LogP contribution in [0, 0.1) is 0 Å². The second kappa shape index (κ2) is 12.5. The Hall–Kier alpha value is -4.60. The number of hydrogen-bond acceptors (Lipinski definition) is 6. The summed E-state index contributed by atoms with van der Waals surface area (Å²) in [4.78, 5) is 0. The van der Waals surface area contributed by atoms with Gasteiger partial charge in [-0.1, -0.05) is 72.3 Å². The molecule has 11 rings (SSSR count). The first-order chi connectivity index (χ1) is 27.7. The first-order valence-electron chi connectivity index (χ1n) is 20.0. The molecule has 58 heavy (non-hydrogen) atoms. The molecule has 1 unspecified atom stereocenters. The summed E-state index contributed by atoms with van der Waals surface area (Å²) in [5.41, 5.74) is 6.04. The summed E-state index contributed by atoms with van der Waals surface area (Å²) in [7, 11) is -1.34. The molecule has 0 amide bonds. The van der Waals surface area contributed by atoms with E-state index in [-0.39, 0.29) is 0 Å². The van der Waals surface area contributed by atoms with Crippen LogP contribution in [0.4, 0.5) is 0 Å². The quantitative estimate of drug-likeness (QED) is 0.162. The molecule has 3 aromatic heterocycles. The van der Waals surface area contributed by atoms with Gasteiger partial charge in [-0.15, -0.1) is 11.3 Å². The highest BCUT2D eigenvalue weighted by molar-refractivity contribution is 7.26. The van der Waals surface area contributed by atoms with E-state index in [0.717, 1.165) is 75.0 Å². The lowest BCUT2D eigenvalue weighted by Crippen LogP contribution is -2.46. The molecule has 6 nitrogen and oxygen atoms in total. The van der Waals surface area contributed by atoms with Crippen LogP contribution >= 0.6 is 22.9 Å². The zero-order chi connectivity index (χ0) is 39.9. The van der Waals surface area contributed by atoms with Crippen LogP contribution in [0.3, 0.4) is 0 Å². The maximum Gasteiger partial charge on any atom is 0.489 e. The molecule has 288 valence electrons. The smallest absolute Gasteiger partial charge is 0.456 e. The molecular weight excluding hydrogens is 760 g/mol. The van der Waals surface area contributed by atoms with Gasteiger partial charge in [0.05, 0.1) is 43.2 Å². The fourth-order valence-electron chi connectivity index (χ4n) is 9.15. The number of benzene rings is 6. The minimum atomic E-state index is -0.729. The Morgan fingerprint density at radius 1 is 0.552 bits per heavy atom. The third kappa shape index (κ3) is 5.27. The molecule has 10 heteroatoms. The summed E-state index contributed by atoms with van der Waals surface area (Å²) in [6.45, 7) is 14.5. The summed E-state index contributed by atoms with van der Waals surface area (Å²) >= 11 is 9.10. The topological polar surface area (TPSA) is 55.0 Å². The summed E-state index contributed by atoms with van der Waals surface area (Å²) in [5, 5.41) is 7.56. The summed E-state index contributed by atoms with van der Waals surface area (Å²) in [5.74, 6) is 0. The predicted molar refractivity (Wildman–Crippen MR) is 242 cm³/mol. The van der Waals surface area contributed by atoms with Crippen LogP contribution in [0.5, 0.6) is 0 Å². The third-order valence-corrected chi connectivity index (χ3v) is 15.0. The zero-order valence-electron chi connectivity index (χ0n) is 33.6. The van der Waals surface area contributed by atoms with Crippen molar-refractivity contribution in [3.8, 4) is 16.8 Å². The van der Waals surface area contributed by atoms with Gasteiger partial charge in [-0.05, 0) is 120 Å². The van der Waals surface area contributed by atoms with Crippen molar-refractivity contribution >= 4 is 101 Å². The van der Waals surface area contributed by atoms with E-state index >= 15 is 0 Å². The number of halogens is 1. The van der Waals surface area contributed by atoms with E-state index in [0.29, 0.717) is 6.42 Å². The Kier molecular flexibility index (Phi) is 7.84. The molecule has 9 aromatic rings. The molecule has 0 aliphatic carbocycles. The molecule has 6 aromatic carbocycles. The average molecular weight is 802 g/mol. The molecule has 2 aliphatic rings. The van der Waals surface area contributed by atoms with Crippen molar-refractivity contribution < 1.29 is 23.0 Å². The normalized spacial score (nSPS) is 20.3. The van der Waals surface area contributed by atoms with Crippen molar-refractivity contribution in [2.45, 2.75) is 77.3 Å². The van der Waals surface area contributed by atoms with Crippen molar-refractivity contribution in [1.29, 1.82) is 0 Å². The van der Waals surface area contributed by atoms with E-state index in [9.17, 15) is 0 Å². The Balaban J connectivity index is 1.08. The van der Waals surface area contributed by atoms with Gasteiger partial charge in [0.2, 0.25) is 0 Å². The van der Waals surface area contributed by atoms with Crippen molar-refractivity contribution in [3.63, 3.8) is 0 Å². The Morgan fingerprint density at radius 2 is 1.19 bits per heavy atom. The average Bonchev–Trinajstić information content (AvgIpc) is 3.96. The Bertz CT molecular complexity index is 3130. The predicted octanol–water partition coefficient (Wildman–Crippen LogP) is 13.2. The van der Waals surface area contributed by atoms with Crippen LogP contribution in [0.15, 0.2) is 120 Å². The minimum absolute atomic E-state index is 0.506. The maximum absolute atomic E-state index is 7.37. The first-order valence-corrected chi connectivity index (χ1v) is 21.2. The van der Waals surface area contributed by atoms with Crippen molar-refractivity contribution in [3.05, 3.63) is 126 Å². The molecule has 2 aliphatic heterocycles. The Labute approximate surface area is 346 Å². The fraction of sp³-hybridized carbons (Fsp3) is 0.250. The highest BCUT2D eigenvalue weighted by Crippen LogP contribution is 2.51.